The lowest BCUT2D eigenvalue weighted by atomic mass is 10.0. The summed E-state index contributed by atoms with van der Waals surface area (Å²) in [4.78, 5) is 3.06. The fourth-order valence-corrected chi connectivity index (χ4v) is 3.83. The molecule has 0 aliphatic carbocycles. The molecule has 0 amide bonds. The molecule has 3 nitrogen and oxygen atoms in total. The number of ether oxygens (including phenoxy) is 1. The van der Waals surface area contributed by atoms with Crippen LogP contribution in [0.5, 0.6) is 0 Å². The molecule has 2 N–H and O–H groups in total. The normalized spacial score (nSPS) is 13.7. The summed E-state index contributed by atoms with van der Waals surface area (Å²) in [5.41, 5.74) is 0.756. The highest BCUT2D eigenvalue weighted by atomic mass is 16.6. The van der Waals surface area contributed by atoms with E-state index < -0.39 is 5.79 Å². The maximum absolute atomic E-state index is 10.6. The zero-order valence-electron chi connectivity index (χ0n) is 18.8. The van der Waals surface area contributed by atoms with Crippen LogP contribution >= 0.6 is 0 Å². The number of aliphatic hydroxyl groups is 1. The first-order chi connectivity index (χ1) is 13.7. The van der Waals surface area contributed by atoms with Crippen molar-refractivity contribution in [2.75, 3.05) is 6.61 Å². The third-order valence-corrected chi connectivity index (χ3v) is 5.84. The highest BCUT2D eigenvalue weighted by Crippen LogP contribution is 2.25. The van der Waals surface area contributed by atoms with Gasteiger partial charge < -0.3 is 14.8 Å². The maximum Gasteiger partial charge on any atom is 0.207 e. The van der Waals surface area contributed by atoms with E-state index in [0.29, 0.717) is 13.0 Å². The third kappa shape index (κ3) is 11.9. The standard InChI is InChI=1S/C25H47NO2/c1-3-5-6-7-8-9-10-11-12-13-14-15-16-17-18-19-23-28-25(27,4-2)24-21-20-22-26-24/h20-22,26-27H,3-19,23H2,1-2H3. The lowest BCUT2D eigenvalue weighted by Crippen LogP contribution is -2.29. The van der Waals surface area contributed by atoms with Crippen LogP contribution in [0.1, 0.15) is 129 Å². The van der Waals surface area contributed by atoms with E-state index in [1.807, 2.05) is 25.3 Å². The third-order valence-electron chi connectivity index (χ3n) is 5.84. The van der Waals surface area contributed by atoms with E-state index in [4.69, 9.17) is 4.74 Å². The highest BCUT2D eigenvalue weighted by Gasteiger charge is 2.28. The van der Waals surface area contributed by atoms with Gasteiger partial charge in [0.15, 0.2) is 0 Å². The van der Waals surface area contributed by atoms with Gasteiger partial charge in [0.05, 0.1) is 12.3 Å². The van der Waals surface area contributed by atoms with Crippen molar-refractivity contribution in [3.8, 4) is 0 Å². The first kappa shape index (κ1) is 25.2. The molecular weight excluding hydrogens is 346 g/mol. The maximum atomic E-state index is 10.6. The summed E-state index contributed by atoms with van der Waals surface area (Å²) in [5.74, 6) is -1.15. The Balaban J connectivity index is 1.82. The van der Waals surface area contributed by atoms with E-state index in [1.165, 1.54) is 96.3 Å². The Bertz CT molecular complexity index is 432. The molecule has 1 rings (SSSR count). The van der Waals surface area contributed by atoms with Gasteiger partial charge in [-0.1, -0.05) is 110 Å². The van der Waals surface area contributed by atoms with Gasteiger partial charge in [-0.2, -0.15) is 0 Å². The smallest absolute Gasteiger partial charge is 0.207 e. The number of unbranched alkanes of at least 4 members (excludes halogenated alkanes) is 15. The van der Waals surface area contributed by atoms with Crippen molar-refractivity contribution in [2.24, 2.45) is 0 Å². The van der Waals surface area contributed by atoms with E-state index in [-0.39, 0.29) is 0 Å². The first-order valence-corrected chi connectivity index (χ1v) is 12.2. The molecule has 1 aromatic rings. The van der Waals surface area contributed by atoms with E-state index in [9.17, 15) is 5.11 Å². The van der Waals surface area contributed by atoms with E-state index in [1.54, 1.807) is 0 Å². The topological polar surface area (TPSA) is 45.2 Å². The Kier molecular flexibility index (Phi) is 15.4. The number of rotatable bonds is 20. The van der Waals surface area contributed by atoms with E-state index in [0.717, 1.165) is 12.1 Å². The number of hydrogen-bond donors (Lipinski definition) is 2. The molecule has 0 aromatic carbocycles. The van der Waals surface area contributed by atoms with Crippen molar-refractivity contribution in [3.63, 3.8) is 0 Å². The molecule has 1 atom stereocenters. The van der Waals surface area contributed by atoms with Crippen molar-refractivity contribution >= 4 is 0 Å². The van der Waals surface area contributed by atoms with Crippen molar-refractivity contribution in [1.29, 1.82) is 0 Å². The van der Waals surface area contributed by atoms with Gasteiger partial charge in [0, 0.05) is 12.6 Å². The summed E-state index contributed by atoms with van der Waals surface area (Å²) in [7, 11) is 0. The number of H-pyrrole nitrogens is 1. The molecule has 0 aliphatic rings. The molecule has 0 bridgehead atoms. The van der Waals surface area contributed by atoms with Crippen molar-refractivity contribution in [3.05, 3.63) is 24.0 Å². The van der Waals surface area contributed by atoms with Gasteiger partial charge in [-0.05, 0) is 18.6 Å². The van der Waals surface area contributed by atoms with Crippen LogP contribution in [0.3, 0.4) is 0 Å². The Morgan fingerprint density at radius 3 is 1.61 bits per heavy atom. The average molecular weight is 394 g/mol. The minimum Gasteiger partial charge on any atom is -0.361 e. The Labute approximate surface area is 174 Å². The average Bonchev–Trinajstić information content (AvgIpc) is 3.26. The van der Waals surface area contributed by atoms with Gasteiger partial charge >= 0.3 is 0 Å². The zero-order valence-corrected chi connectivity index (χ0v) is 18.8. The van der Waals surface area contributed by atoms with Gasteiger partial charge in [0.2, 0.25) is 5.79 Å². The molecule has 28 heavy (non-hydrogen) atoms. The molecule has 0 radical (unpaired) electrons. The molecule has 0 saturated heterocycles. The molecule has 164 valence electrons. The summed E-state index contributed by atoms with van der Waals surface area (Å²) in [6.45, 7) is 4.86. The SMILES string of the molecule is CCCCCCCCCCCCCCCCCCOC(O)(CC)c1ccc[nH]1. The molecule has 1 aromatic heterocycles. The minimum atomic E-state index is -1.15. The summed E-state index contributed by atoms with van der Waals surface area (Å²) in [6.07, 6.45) is 24.3. The van der Waals surface area contributed by atoms with Crippen LogP contribution in [0, 0.1) is 0 Å². The second-order valence-electron chi connectivity index (χ2n) is 8.37. The van der Waals surface area contributed by atoms with Crippen LogP contribution in [0.2, 0.25) is 0 Å². The van der Waals surface area contributed by atoms with Gasteiger partial charge in [0.25, 0.3) is 0 Å². The predicted octanol–water partition coefficient (Wildman–Crippen LogP) is 7.85. The van der Waals surface area contributed by atoms with Crippen LogP contribution in [0.4, 0.5) is 0 Å². The molecule has 0 aliphatic heterocycles. The van der Waals surface area contributed by atoms with E-state index in [2.05, 4.69) is 11.9 Å². The second-order valence-corrected chi connectivity index (χ2v) is 8.37. The largest absolute Gasteiger partial charge is 0.361 e. The van der Waals surface area contributed by atoms with Gasteiger partial charge in [-0.3, -0.25) is 0 Å². The second kappa shape index (κ2) is 17.1. The molecule has 1 heterocycles. The Morgan fingerprint density at radius 1 is 0.750 bits per heavy atom. The summed E-state index contributed by atoms with van der Waals surface area (Å²) in [6, 6.07) is 3.78. The van der Waals surface area contributed by atoms with Crippen molar-refractivity contribution in [2.45, 2.75) is 129 Å². The fourth-order valence-electron chi connectivity index (χ4n) is 3.83. The Hall–Kier alpha value is -0.800. The summed E-state index contributed by atoms with van der Waals surface area (Å²) >= 11 is 0. The van der Waals surface area contributed by atoms with Crippen molar-refractivity contribution in [1.82, 2.24) is 4.98 Å². The number of hydrogen-bond acceptors (Lipinski definition) is 2. The monoisotopic (exact) mass is 393 g/mol. The number of aromatic amines is 1. The number of nitrogens with one attached hydrogen (secondary N) is 1. The van der Waals surface area contributed by atoms with Gasteiger partial charge in [-0.15, -0.1) is 0 Å². The van der Waals surface area contributed by atoms with Crippen LogP contribution in [-0.4, -0.2) is 16.7 Å². The molecule has 0 saturated carbocycles. The minimum absolute atomic E-state index is 0.562. The fraction of sp³-hybridized carbons (Fsp3) is 0.840. The van der Waals surface area contributed by atoms with E-state index >= 15 is 0 Å². The quantitative estimate of drug-likeness (QED) is 0.175. The molecular formula is C25H47NO2. The van der Waals surface area contributed by atoms with Crippen LogP contribution in [0.25, 0.3) is 0 Å². The Morgan fingerprint density at radius 2 is 1.21 bits per heavy atom. The molecule has 0 fully saturated rings. The molecule has 0 spiro atoms. The summed E-state index contributed by atoms with van der Waals surface area (Å²) < 4.78 is 5.77. The van der Waals surface area contributed by atoms with Crippen LogP contribution < -0.4 is 0 Å². The lowest BCUT2D eigenvalue weighted by molar-refractivity contribution is -0.217. The molecule has 3 heteroatoms. The zero-order chi connectivity index (χ0) is 20.3. The molecule has 1 unspecified atom stereocenters. The summed E-state index contributed by atoms with van der Waals surface area (Å²) in [5, 5.41) is 10.6. The van der Waals surface area contributed by atoms with Gasteiger partial charge in [-0.25, -0.2) is 0 Å². The first-order valence-electron chi connectivity index (χ1n) is 12.2. The van der Waals surface area contributed by atoms with Crippen LogP contribution in [-0.2, 0) is 10.5 Å². The highest BCUT2D eigenvalue weighted by molar-refractivity contribution is 5.10. The number of aromatic nitrogens is 1. The van der Waals surface area contributed by atoms with Crippen LogP contribution in [0.15, 0.2) is 18.3 Å². The predicted molar refractivity (Wildman–Crippen MR) is 120 cm³/mol. The van der Waals surface area contributed by atoms with Crippen molar-refractivity contribution < 1.29 is 9.84 Å². The van der Waals surface area contributed by atoms with Gasteiger partial charge in [0.1, 0.15) is 0 Å². The lowest BCUT2D eigenvalue weighted by Gasteiger charge is -2.26.